The summed E-state index contributed by atoms with van der Waals surface area (Å²) in [6.45, 7) is 0.664. The first-order chi connectivity index (χ1) is 9.26. The molecule has 3 rings (SSSR count). The number of amides is 1. The van der Waals surface area contributed by atoms with Gasteiger partial charge in [-0.15, -0.1) is 0 Å². The van der Waals surface area contributed by atoms with Crippen molar-refractivity contribution < 1.29 is 4.79 Å². The molecule has 2 fully saturated rings. The van der Waals surface area contributed by atoms with Crippen LogP contribution in [-0.4, -0.2) is 12.5 Å². The third kappa shape index (κ3) is 2.66. The van der Waals surface area contributed by atoms with Crippen molar-refractivity contribution >= 4 is 11.6 Å². The zero-order chi connectivity index (χ0) is 13.2. The van der Waals surface area contributed by atoms with E-state index in [4.69, 9.17) is 5.73 Å². The van der Waals surface area contributed by atoms with Gasteiger partial charge in [-0.2, -0.15) is 0 Å². The van der Waals surface area contributed by atoms with Crippen LogP contribution in [0, 0.1) is 17.8 Å². The standard InChI is InChI=1S/C16H22N2O/c17-8-7-11-2-5-14(6-3-11)18-16(19)15-10-12-1-4-13(15)9-12/h2-3,5-6,12-13,15H,1,4,7-10,17H2,(H,18,19). The topological polar surface area (TPSA) is 55.1 Å². The number of nitrogens with one attached hydrogen (secondary N) is 1. The van der Waals surface area contributed by atoms with Gasteiger partial charge in [-0.1, -0.05) is 18.6 Å². The van der Waals surface area contributed by atoms with E-state index in [0.29, 0.717) is 12.5 Å². The van der Waals surface area contributed by atoms with Gasteiger partial charge in [0.1, 0.15) is 0 Å². The van der Waals surface area contributed by atoms with Crippen LogP contribution in [0.1, 0.15) is 31.2 Å². The molecule has 2 bridgehead atoms. The van der Waals surface area contributed by atoms with Crippen molar-refractivity contribution in [3.05, 3.63) is 29.8 Å². The summed E-state index contributed by atoms with van der Waals surface area (Å²) in [5.41, 5.74) is 7.66. The smallest absolute Gasteiger partial charge is 0.227 e. The van der Waals surface area contributed by atoms with Crippen LogP contribution in [0.25, 0.3) is 0 Å². The molecule has 2 aliphatic carbocycles. The van der Waals surface area contributed by atoms with Gasteiger partial charge < -0.3 is 11.1 Å². The average Bonchev–Trinajstić information content (AvgIpc) is 3.04. The highest BCUT2D eigenvalue weighted by atomic mass is 16.1. The van der Waals surface area contributed by atoms with E-state index in [0.717, 1.165) is 24.4 Å². The van der Waals surface area contributed by atoms with Crippen molar-refractivity contribution in [3.8, 4) is 0 Å². The SMILES string of the molecule is NCCc1ccc(NC(=O)C2CC3CCC2C3)cc1. The van der Waals surface area contributed by atoms with Crippen LogP contribution in [0.3, 0.4) is 0 Å². The van der Waals surface area contributed by atoms with Crippen molar-refractivity contribution in [2.24, 2.45) is 23.5 Å². The van der Waals surface area contributed by atoms with Gasteiger partial charge in [0, 0.05) is 11.6 Å². The fraction of sp³-hybridized carbons (Fsp3) is 0.562. The van der Waals surface area contributed by atoms with Gasteiger partial charge in [0.25, 0.3) is 0 Å². The maximum atomic E-state index is 12.3. The van der Waals surface area contributed by atoms with Crippen molar-refractivity contribution in [3.63, 3.8) is 0 Å². The lowest BCUT2D eigenvalue weighted by atomic mass is 9.88. The van der Waals surface area contributed by atoms with E-state index in [1.807, 2.05) is 24.3 Å². The first-order valence-electron chi connectivity index (χ1n) is 7.36. The molecule has 0 spiro atoms. The van der Waals surface area contributed by atoms with Gasteiger partial charge in [0.2, 0.25) is 5.91 Å². The first-order valence-corrected chi connectivity index (χ1v) is 7.36. The van der Waals surface area contributed by atoms with Crippen LogP contribution < -0.4 is 11.1 Å². The summed E-state index contributed by atoms with van der Waals surface area (Å²) >= 11 is 0. The minimum atomic E-state index is 0.221. The predicted molar refractivity (Wildman–Crippen MR) is 76.8 cm³/mol. The molecule has 1 aromatic rings. The molecule has 0 aliphatic heterocycles. The van der Waals surface area contributed by atoms with E-state index in [1.165, 1.54) is 24.8 Å². The number of hydrogen-bond donors (Lipinski definition) is 2. The molecule has 1 aromatic carbocycles. The van der Waals surface area contributed by atoms with Gasteiger partial charge in [-0.05, 0) is 61.8 Å². The van der Waals surface area contributed by atoms with Gasteiger partial charge in [0.05, 0.1) is 0 Å². The van der Waals surface area contributed by atoms with Crippen molar-refractivity contribution in [1.82, 2.24) is 0 Å². The predicted octanol–water partition coefficient (Wildman–Crippen LogP) is 2.56. The molecule has 0 radical (unpaired) electrons. The van der Waals surface area contributed by atoms with Crippen molar-refractivity contribution in [1.29, 1.82) is 0 Å². The van der Waals surface area contributed by atoms with Crippen LogP contribution in [0.4, 0.5) is 5.69 Å². The Morgan fingerprint density at radius 1 is 1.21 bits per heavy atom. The molecule has 1 amide bonds. The molecular formula is C16H22N2O. The molecule has 3 N–H and O–H groups in total. The summed E-state index contributed by atoms with van der Waals surface area (Å²) in [5, 5.41) is 3.07. The maximum absolute atomic E-state index is 12.3. The van der Waals surface area contributed by atoms with E-state index in [9.17, 15) is 4.79 Å². The number of benzene rings is 1. The fourth-order valence-electron chi connectivity index (χ4n) is 3.72. The van der Waals surface area contributed by atoms with Crippen molar-refractivity contribution in [2.45, 2.75) is 32.1 Å². The summed E-state index contributed by atoms with van der Waals surface area (Å²) in [7, 11) is 0. The lowest BCUT2D eigenvalue weighted by molar-refractivity contribution is -0.121. The molecule has 0 heterocycles. The Kier molecular flexibility index (Phi) is 3.56. The molecule has 0 aromatic heterocycles. The highest BCUT2D eigenvalue weighted by molar-refractivity contribution is 5.93. The zero-order valence-corrected chi connectivity index (χ0v) is 11.3. The van der Waals surface area contributed by atoms with Crippen LogP contribution in [0.2, 0.25) is 0 Å². The number of rotatable bonds is 4. The van der Waals surface area contributed by atoms with Gasteiger partial charge in [0.15, 0.2) is 0 Å². The van der Waals surface area contributed by atoms with Crippen LogP contribution in [0.5, 0.6) is 0 Å². The van der Waals surface area contributed by atoms with E-state index in [-0.39, 0.29) is 11.8 Å². The summed E-state index contributed by atoms with van der Waals surface area (Å²) < 4.78 is 0. The van der Waals surface area contributed by atoms with E-state index in [1.54, 1.807) is 0 Å². The molecule has 102 valence electrons. The van der Waals surface area contributed by atoms with Crippen LogP contribution in [-0.2, 0) is 11.2 Å². The lowest BCUT2D eigenvalue weighted by Crippen LogP contribution is -2.27. The number of hydrogen-bond acceptors (Lipinski definition) is 2. The van der Waals surface area contributed by atoms with E-state index >= 15 is 0 Å². The zero-order valence-electron chi connectivity index (χ0n) is 11.3. The molecule has 3 nitrogen and oxygen atoms in total. The summed E-state index contributed by atoms with van der Waals surface area (Å²) in [4.78, 5) is 12.3. The molecule has 3 heteroatoms. The highest BCUT2D eigenvalue weighted by Gasteiger charge is 2.42. The molecular weight excluding hydrogens is 236 g/mol. The number of anilines is 1. The Hall–Kier alpha value is -1.35. The average molecular weight is 258 g/mol. The third-order valence-corrected chi connectivity index (χ3v) is 4.73. The Morgan fingerprint density at radius 2 is 2.00 bits per heavy atom. The number of nitrogens with two attached hydrogens (primary N) is 1. The maximum Gasteiger partial charge on any atom is 0.227 e. The third-order valence-electron chi connectivity index (χ3n) is 4.73. The molecule has 2 aliphatic rings. The molecule has 0 saturated heterocycles. The Balaban J connectivity index is 1.60. The second-order valence-corrected chi connectivity index (χ2v) is 6.01. The minimum absolute atomic E-state index is 0.221. The van der Waals surface area contributed by atoms with Gasteiger partial charge >= 0.3 is 0 Å². The largest absolute Gasteiger partial charge is 0.330 e. The summed E-state index contributed by atoms with van der Waals surface area (Å²) in [5.74, 6) is 1.93. The van der Waals surface area contributed by atoms with E-state index in [2.05, 4.69) is 5.32 Å². The Bertz CT molecular complexity index is 454. The highest BCUT2D eigenvalue weighted by Crippen LogP contribution is 2.48. The van der Waals surface area contributed by atoms with Gasteiger partial charge in [-0.25, -0.2) is 0 Å². The van der Waals surface area contributed by atoms with E-state index < -0.39 is 0 Å². The van der Waals surface area contributed by atoms with Crippen molar-refractivity contribution in [2.75, 3.05) is 11.9 Å². The Morgan fingerprint density at radius 3 is 2.58 bits per heavy atom. The molecule has 19 heavy (non-hydrogen) atoms. The second-order valence-electron chi connectivity index (χ2n) is 6.01. The minimum Gasteiger partial charge on any atom is -0.330 e. The number of carbonyl (C=O) groups excluding carboxylic acids is 1. The fourth-order valence-corrected chi connectivity index (χ4v) is 3.72. The number of fused-ring (bicyclic) bond motifs is 2. The second kappa shape index (κ2) is 5.33. The monoisotopic (exact) mass is 258 g/mol. The number of carbonyl (C=O) groups is 1. The van der Waals surface area contributed by atoms with Crippen LogP contribution >= 0.6 is 0 Å². The normalized spacial score (nSPS) is 28.6. The molecule has 2 saturated carbocycles. The molecule has 3 unspecified atom stereocenters. The summed E-state index contributed by atoms with van der Waals surface area (Å²) in [6.07, 6.45) is 5.84. The molecule has 3 atom stereocenters. The quantitative estimate of drug-likeness (QED) is 0.872. The Labute approximate surface area is 114 Å². The van der Waals surface area contributed by atoms with Gasteiger partial charge in [-0.3, -0.25) is 4.79 Å². The lowest BCUT2D eigenvalue weighted by Gasteiger charge is -2.20. The van der Waals surface area contributed by atoms with Crippen LogP contribution in [0.15, 0.2) is 24.3 Å². The summed E-state index contributed by atoms with van der Waals surface area (Å²) in [6, 6.07) is 8.05. The first kappa shape index (κ1) is 12.7.